The van der Waals surface area contributed by atoms with Gasteiger partial charge in [0.05, 0.1) is 0 Å². The Balaban J connectivity index is 2.35. The Labute approximate surface area is 127 Å². The van der Waals surface area contributed by atoms with Gasteiger partial charge in [0, 0.05) is 25.9 Å². The van der Waals surface area contributed by atoms with Crippen molar-refractivity contribution in [3.05, 3.63) is 0 Å². The maximum Gasteiger partial charge on any atom is 0.410 e. The lowest BCUT2D eigenvalue weighted by Crippen LogP contribution is -2.45. The Kier molecular flexibility index (Phi) is 6.45. The molecular weight excluding hydrogens is 272 g/mol. The Morgan fingerprint density at radius 2 is 1.86 bits per heavy atom. The van der Waals surface area contributed by atoms with E-state index in [-0.39, 0.29) is 24.2 Å². The molecule has 1 amide bonds. The minimum Gasteiger partial charge on any atom is -0.461 e. The number of nitrogens with one attached hydrogen (secondary N) is 1. The predicted molar refractivity (Wildman–Crippen MR) is 80.1 cm³/mol. The maximum absolute atomic E-state index is 11.9. The van der Waals surface area contributed by atoms with Crippen LogP contribution in [0.5, 0.6) is 0 Å². The van der Waals surface area contributed by atoms with Crippen molar-refractivity contribution in [2.45, 2.75) is 65.2 Å². The summed E-state index contributed by atoms with van der Waals surface area (Å²) >= 11 is 0. The molecule has 0 aromatic heterocycles. The summed E-state index contributed by atoms with van der Waals surface area (Å²) in [5, 5.41) is 3.03. The van der Waals surface area contributed by atoms with Crippen molar-refractivity contribution in [2.24, 2.45) is 0 Å². The molecule has 0 spiro atoms. The van der Waals surface area contributed by atoms with E-state index in [1.165, 1.54) is 0 Å². The van der Waals surface area contributed by atoms with Crippen molar-refractivity contribution < 1.29 is 19.1 Å². The van der Waals surface area contributed by atoms with Gasteiger partial charge in [0.25, 0.3) is 0 Å². The molecule has 0 aromatic carbocycles. The molecule has 1 N–H and O–H groups in total. The summed E-state index contributed by atoms with van der Waals surface area (Å²) in [7, 11) is 0. The van der Waals surface area contributed by atoms with E-state index in [2.05, 4.69) is 5.32 Å². The lowest BCUT2D eigenvalue weighted by Gasteiger charge is -2.33. The van der Waals surface area contributed by atoms with Gasteiger partial charge in [-0.15, -0.1) is 0 Å². The number of likely N-dealkylation sites (N-methyl/N-ethyl adjacent to an activating group) is 1. The fourth-order valence-corrected chi connectivity index (χ4v) is 2.14. The molecule has 1 fully saturated rings. The largest absolute Gasteiger partial charge is 0.461 e. The van der Waals surface area contributed by atoms with Crippen LogP contribution in [-0.4, -0.2) is 54.3 Å². The third-order valence-electron chi connectivity index (χ3n) is 3.24. The molecule has 1 atom stereocenters. The number of hydrogen-bond donors (Lipinski definition) is 1. The zero-order valence-electron chi connectivity index (χ0n) is 13.8. The predicted octanol–water partition coefficient (Wildman–Crippen LogP) is 1.93. The summed E-state index contributed by atoms with van der Waals surface area (Å²) < 4.78 is 10.8. The van der Waals surface area contributed by atoms with Gasteiger partial charge in [0.1, 0.15) is 17.7 Å². The van der Waals surface area contributed by atoms with E-state index in [0.717, 1.165) is 6.54 Å². The molecule has 21 heavy (non-hydrogen) atoms. The molecule has 6 nitrogen and oxygen atoms in total. The smallest absolute Gasteiger partial charge is 0.410 e. The quantitative estimate of drug-likeness (QED) is 0.804. The van der Waals surface area contributed by atoms with Crippen LogP contribution < -0.4 is 5.32 Å². The summed E-state index contributed by atoms with van der Waals surface area (Å²) in [4.78, 5) is 25.4. The average molecular weight is 300 g/mol. The fourth-order valence-electron chi connectivity index (χ4n) is 2.14. The summed E-state index contributed by atoms with van der Waals surface area (Å²) in [6.07, 6.45) is 0.902. The van der Waals surface area contributed by atoms with E-state index >= 15 is 0 Å². The maximum atomic E-state index is 11.9. The summed E-state index contributed by atoms with van der Waals surface area (Å²) in [6, 6.07) is -0.293. The molecule has 1 rings (SSSR count). The number of nitrogens with zero attached hydrogens (tertiary/aromatic N) is 1. The van der Waals surface area contributed by atoms with E-state index in [4.69, 9.17) is 9.47 Å². The minimum atomic E-state index is -0.484. The van der Waals surface area contributed by atoms with E-state index < -0.39 is 5.60 Å². The lowest BCUT2D eigenvalue weighted by atomic mass is 10.1. The first-order chi connectivity index (χ1) is 9.73. The fraction of sp³-hybridized carbons (Fsp3) is 0.867. The number of ether oxygens (including phenoxy) is 2. The van der Waals surface area contributed by atoms with Gasteiger partial charge in [0.15, 0.2) is 0 Å². The van der Waals surface area contributed by atoms with Crippen LogP contribution in [0.25, 0.3) is 0 Å². The van der Waals surface area contributed by atoms with Crippen molar-refractivity contribution in [1.29, 1.82) is 0 Å². The van der Waals surface area contributed by atoms with Gasteiger partial charge in [-0.05, 0) is 34.2 Å². The van der Waals surface area contributed by atoms with Crippen molar-refractivity contribution in [1.82, 2.24) is 10.2 Å². The van der Waals surface area contributed by atoms with Gasteiger partial charge >= 0.3 is 12.1 Å². The Morgan fingerprint density at radius 1 is 1.29 bits per heavy atom. The first-order valence-corrected chi connectivity index (χ1v) is 7.64. The zero-order chi connectivity index (χ0) is 16.0. The van der Waals surface area contributed by atoms with E-state index in [0.29, 0.717) is 25.9 Å². The highest BCUT2D eigenvalue weighted by Gasteiger charge is 2.29. The van der Waals surface area contributed by atoms with Crippen LogP contribution in [0, 0.1) is 0 Å². The highest BCUT2D eigenvalue weighted by molar-refractivity contribution is 5.75. The first kappa shape index (κ1) is 17.8. The van der Waals surface area contributed by atoms with Crippen molar-refractivity contribution in [3.8, 4) is 0 Å². The van der Waals surface area contributed by atoms with Gasteiger partial charge in [-0.25, -0.2) is 4.79 Å². The normalized spacial score (nSPS) is 18.2. The standard InChI is InChI=1S/C15H28N2O4/c1-6-16-11(2)13(18)20-12-7-9-17(10-8-12)14(19)21-15(3,4)5/h11-12,16H,6-10H2,1-5H3. The second-order valence-corrected chi connectivity index (χ2v) is 6.38. The van der Waals surface area contributed by atoms with Crippen molar-refractivity contribution >= 4 is 12.1 Å². The molecular formula is C15H28N2O4. The third kappa shape index (κ3) is 6.33. The van der Waals surface area contributed by atoms with E-state index in [1.54, 1.807) is 11.8 Å². The Morgan fingerprint density at radius 3 is 2.33 bits per heavy atom. The van der Waals surface area contributed by atoms with Crippen LogP contribution in [0.1, 0.15) is 47.5 Å². The summed E-state index contributed by atoms with van der Waals surface area (Å²) in [5.74, 6) is -0.229. The molecule has 0 radical (unpaired) electrons. The molecule has 6 heteroatoms. The third-order valence-corrected chi connectivity index (χ3v) is 3.24. The SMILES string of the molecule is CCNC(C)C(=O)OC1CCN(C(=O)OC(C)(C)C)CC1. The van der Waals surface area contributed by atoms with Crippen molar-refractivity contribution in [2.75, 3.05) is 19.6 Å². The van der Waals surface area contributed by atoms with Gasteiger partial charge in [-0.2, -0.15) is 0 Å². The Bertz CT molecular complexity index is 357. The molecule has 122 valence electrons. The van der Waals surface area contributed by atoms with Gasteiger partial charge in [0.2, 0.25) is 0 Å². The summed E-state index contributed by atoms with van der Waals surface area (Å²) in [6.45, 7) is 11.1. The number of likely N-dealkylation sites (tertiary alicyclic amines) is 1. The van der Waals surface area contributed by atoms with Crippen LogP contribution in [0.15, 0.2) is 0 Å². The number of piperidine rings is 1. The topological polar surface area (TPSA) is 67.9 Å². The lowest BCUT2D eigenvalue weighted by molar-refractivity contribution is -0.153. The van der Waals surface area contributed by atoms with Crippen LogP contribution in [-0.2, 0) is 14.3 Å². The Hall–Kier alpha value is -1.30. The molecule has 0 saturated carbocycles. The number of hydrogen-bond acceptors (Lipinski definition) is 5. The van der Waals surface area contributed by atoms with Crippen LogP contribution in [0.4, 0.5) is 4.79 Å². The number of carbonyl (C=O) groups excluding carboxylic acids is 2. The second-order valence-electron chi connectivity index (χ2n) is 6.38. The first-order valence-electron chi connectivity index (χ1n) is 7.64. The molecule has 1 heterocycles. The monoisotopic (exact) mass is 300 g/mol. The zero-order valence-corrected chi connectivity index (χ0v) is 13.8. The van der Waals surface area contributed by atoms with Gasteiger partial charge in [-0.3, -0.25) is 4.79 Å². The molecule has 1 aliphatic heterocycles. The van der Waals surface area contributed by atoms with Crippen LogP contribution >= 0.6 is 0 Å². The highest BCUT2D eigenvalue weighted by atomic mass is 16.6. The summed E-state index contributed by atoms with van der Waals surface area (Å²) in [5.41, 5.74) is -0.484. The van der Waals surface area contributed by atoms with Gasteiger partial charge in [-0.1, -0.05) is 6.92 Å². The highest BCUT2D eigenvalue weighted by Crippen LogP contribution is 2.17. The minimum absolute atomic E-state index is 0.114. The second kappa shape index (κ2) is 7.64. The average Bonchev–Trinajstić information content (AvgIpc) is 2.37. The number of amides is 1. The molecule has 1 aliphatic rings. The number of rotatable bonds is 4. The molecule has 1 saturated heterocycles. The molecule has 1 unspecified atom stereocenters. The van der Waals surface area contributed by atoms with Crippen LogP contribution in [0.2, 0.25) is 0 Å². The molecule has 0 aliphatic carbocycles. The number of carbonyl (C=O) groups is 2. The van der Waals surface area contributed by atoms with Crippen LogP contribution in [0.3, 0.4) is 0 Å². The van der Waals surface area contributed by atoms with E-state index in [1.807, 2.05) is 27.7 Å². The van der Waals surface area contributed by atoms with Gasteiger partial charge < -0.3 is 19.7 Å². The number of esters is 1. The van der Waals surface area contributed by atoms with E-state index in [9.17, 15) is 9.59 Å². The molecule has 0 aromatic rings. The van der Waals surface area contributed by atoms with Crippen molar-refractivity contribution in [3.63, 3.8) is 0 Å². The molecule has 0 bridgehead atoms.